The lowest BCUT2D eigenvalue weighted by molar-refractivity contribution is 0.124. The molecule has 0 radical (unpaired) electrons. The highest BCUT2D eigenvalue weighted by atomic mass is 19.1. The molecule has 0 saturated carbocycles. The fourth-order valence-electron chi connectivity index (χ4n) is 1.69. The Bertz CT molecular complexity index is 337. The van der Waals surface area contributed by atoms with Gasteiger partial charge in [-0.1, -0.05) is 0 Å². The minimum atomic E-state index is -0.550. The van der Waals surface area contributed by atoms with E-state index in [9.17, 15) is 8.78 Å². The van der Waals surface area contributed by atoms with Gasteiger partial charge in [0.2, 0.25) is 0 Å². The standard InChI is InChI=1S/C13H19F2NO/c1-4-17-8-9(2)16-10(3)11-5-12(14)7-13(15)6-11/h5-7,9-10,16H,4,8H2,1-3H3. The molecule has 1 aromatic rings. The second kappa shape index (κ2) is 6.67. The van der Waals surface area contributed by atoms with Gasteiger partial charge in [-0.25, -0.2) is 8.78 Å². The van der Waals surface area contributed by atoms with Crippen LogP contribution < -0.4 is 5.32 Å². The molecule has 17 heavy (non-hydrogen) atoms. The van der Waals surface area contributed by atoms with Crippen LogP contribution in [-0.4, -0.2) is 19.3 Å². The monoisotopic (exact) mass is 243 g/mol. The number of benzene rings is 1. The van der Waals surface area contributed by atoms with E-state index in [4.69, 9.17) is 4.74 Å². The van der Waals surface area contributed by atoms with Gasteiger partial charge in [-0.2, -0.15) is 0 Å². The number of rotatable bonds is 6. The summed E-state index contributed by atoms with van der Waals surface area (Å²) >= 11 is 0. The largest absolute Gasteiger partial charge is 0.380 e. The summed E-state index contributed by atoms with van der Waals surface area (Å²) in [6, 6.07) is 3.58. The maximum Gasteiger partial charge on any atom is 0.126 e. The first-order valence-electron chi connectivity index (χ1n) is 5.82. The highest BCUT2D eigenvalue weighted by molar-refractivity contribution is 5.20. The summed E-state index contributed by atoms with van der Waals surface area (Å²) in [7, 11) is 0. The van der Waals surface area contributed by atoms with Crippen LogP contribution in [-0.2, 0) is 4.74 Å². The second-order valence-corrected chi connectivity index (χ2v) is 4.15. The van der Waals surface area contributed by atoms with Crippen LogP contribution in [0, 0.1) is 11.6 Å². The van der Waals surface area contributed by atoms with E-state index in [0.717, 1.165) is 6.07 Å². The van der Waals surface area contributed by atoms with E-state index >= 15 is 0 Å². The molecule has 1 rings (SSSR count). The van der Waals surface area contributed by atoms with Crippen LogP contribution >= 0.6 is 0 Å². The predicted octanol–water partition coefficient (Wildman–Crippen LogP) is 3.04. The van der Waals surface area contributed by atoms with Gasteiger partial charge in [-0.15, -0.1) is 0 Å². The van der Waals surface area contributed by atoms with Gasteiger partial charge in [0.25, 0.3) is 0 Å². The fraction of sp³-hybridized carbons (Fsp3) is 0.538. The minimum Gasteiger partial charge on any atom is -0.380 e. The Morgan fingerprint density at radius 2 is 1.76 bits per heavy atom. The summed E-state index contributed by atoms with van der Waals surface area (Å²) < 4.78 is 31.3. The topological polar surface area (TPSA) is 21.3 Å². The van der Waals surface area contributed by atoms with Crippen molar-refractivity contribution < 1.29 is 13.5 Å². The van der Waals surface area contributed by atoms with Crippen LogP contribution in [0.2, 0.25) is 0 Å². The predicted molar refractivity (Wildman–Crippen MR) is 63.9 cm³/mol. The van der Waals surface area contributed by atoms with Crippen LogP contribution in [0.1, 0.15) is 32.4 Å². The lowest BCUT2D eigenvalue weighted by Gasteiger charge is -2.20. The Labute approximate surface area is 101 Å². The zero-order valence-electron chi connectivity index (χ0n) is 10.5. The van der Waals surface area contributed by atoms with Crippen LogP contribution in [0.4, 0.5) is 8.78 Å². The van der Waals surface area contributed by atoms with Crippen LogP contribution in [0.15, 0.2) is 18.2 Å². The third kappa shape index (κ3) is 4.79. The third-order valence-corrected chi connectivity index (χ3v) is 2.49. The fourth-order valence-corrected chi connectivity index (χ4v) is 1.69. The molecule has 0 heterocycles. The molecule has 0 aliphatic rings. The maximum atomic E-state index is 13.0. The van der Waals surface area contributed by atoms with Gasteiger partial charge in [0.05, 0.1) is 6.61 Å². The zero-order chi connectivity index (χ0) is 12.8. The Hall–Kier alpha value is -1.00. The molecule has 0 aromatic heterocycles. The molecule has 0 saturated heterocycles. The lowest BCUT2D eigenvalue weighted by atomic mass is 10.1. The molecule has 2 atom stereocenters. The lowest BCUT2D eigenvalue weighted by Crippen LogP contribution is -2.32. The molecule has 4 heteroatoms. The van der Waals surface area contributed by atoms with Gasteiger partial charge in [0, 0.05) is 24.8 Å². The molecular formula is C13H19F2NO. The Kier molecular flexibility index (Phi) is 5.51. The summed E-state index contributed by atoms with van der Waals surface area (Å²) in [4.78, 5) is 0. The highest BCUT2D eigenvalue weighted by Gasteiger charge is 2.11. The smallest absolute Gasteiger partial charge is 0.126 e. The number of hydrogen-bond donors (Lipinski definition) is 1. The molecule has 0 spiro atoms. The van der Waals surface area contributed by atoms with Gasteiger partial charge in [-0.05, 0) is 38.5 Å². The Morgan fingerprint density at radius 1 is 1.18 bits per heavy atom. The molecule has 2 nitrogen and oxygen atoms in total. The van der Waals surface area contributed by atoms with E-state index in [-0.39, 0.29) is 12.1 Å². The molecule has 1 N–H and O–H groups in total. The molecule has 2 unspecified atom stereocenters. The molecule has 0 bridgehead atoms. The molecule has 0 fully saturated rings. The first kappa shape index (κ1) is 14.1. The average molecular weight is 243 g/mol. The molecular weight excluding hydrogens is 224 g/mol. The van der Waals surface area contributed by atoms with E-state index in [0.29, 0.717) is 18.8 Å². The van der Waals surface area contributed by atoms with Crippen molar-refractivity contribution in [3.05, 3.63) is 35.4 Å². The zero-order valence-corrected chi connectivity index (χ0v) is 10.5. The summed E-state index contributed by atoms with van der Waals surface area (Å²) in [6.45, 7) is 7.02. The summed E-state index contributed by atoms with van der Waals surface area (Å²) in [5, 5.41) is 3.23. The summed E-state index contributed by atoms with van der Waals surface area (Å²) in [5.41, 5.74) is 0.603. The second-order valence-electron chi connectivity index (χ2n) is 4.15. The van der Waals surface area contributed by atoms with Crippen LogP contribution in [0.25, 0.3) is 0 Å². The van der Waals surface area contributed by atoms with E-state index < -0.39 is 11.6 Å². The first-order valence-corrected chi connectivity index (χ1v) is 5.82. The van der Waals surface area contributed by atoms with Gasteiger partial charge in [0.1, 0.15) is 11.6 Å². The maximum absolute atomic E-state index is 13.0. The summed E-state index contributed by atoms with van der Waals surface area (Å²) in [5.74, 6) is -1.10. The number of halogens is 2. The molecule has 0 aliphatic heterocycles. The minimum absolute atomic E-state index is 0.115. The Balaban J connectivity index is 2.59. The van der Waals surface area contributed by atoms with Crippen molar-refractivity contribution >= 4 is 0 Å². The SMILES string of the molecule is CCOCC(C)NC(C)c1cc(F)cc(F)c1. The number of nitrogens with one attached hydrogen (secondary N) is 1. The quantitative estimate of drug-likeness (QED) is 0.829. The van der Waals surface area contributed by atoms with Crippen molar-refractivity contribution in [1.82, 2.24) is 5.32 Å². The van der Waals surface area contributed by atoms with Crippen molar-refractivity contribution in [3.63, 3.8) is 0 Å². The summed E-state index contributed by atoms with van der Waals surface area (Å²) in [6.07, 6.45) is 0. The first-order chi connectivity index (χ1) is 8.02. The normalized spacial score (nSPS) is 14.6. The van der Waals surface area contributed by atoms with Crippen LogP contribution in [0.5, 0.6) is 0 Å². The molecule has 1 aromatic carbocycles. The van der Waals surface area contributed by atoms with Crippen molar-refractivity contribution in [2.24, 2.45) is 0 Å². The van der Waals surface area contributed by atoms with Crippen molar-refractivity contribution in [1.29, 1.82) is 0 Å². The van der Waals surface area contributed by atoms with E-state index in [1.54, 1.807) is 0 Å². The van der Waals surface area contributed by atoms with E-state index in [2.05, 4.69) is 5.32 Å². The third-order valence-electron chi connectivity index (χ3n) is 2.49. The highest BCUT2D eigenvalue weighted by Crippen LogP contribution is 2.16. The molecule has 0 amide bonds. The molecule has 0 aliphatic carbocycles. The molecule has 96 valence electrons. The van der Waals surface area contributed by atoms with Gasteiger partial charge < -0.3 is 10.1 Å². The van der Waals surface area contributed by atoms with E-state index in [1.165, 1.54) is 12.1 Å². The van der Waals surface area contributed by atoms with Gasteiger partial charge in [-0.3, -0.25) is 0 Å². The van der Waals surface area contributed by atoms with Crippen molar-refractivity contribution in [3.8, 4) is 0 Å². The van der Waals surface area contributed by atoms with Gasteiger partial charge in [0.15, 0.2) is 0 Å². The van der Waals surface area contributed by atoms with Crippen molar-refractivity contribution in [2.75, 3.05) is 13.2 Å². The number of ether oxygens (including phenoxy) is 1. The van der Waals surface area contributed by atoms with Crippen molar-refractivity contribution in [2.45, 2.75) is 32.9 Å². The van der Waals surface area contributed by atoms with E-state index in [1.807, 2.05) is 20.8 Å². The van der Waals surface area contributed by atoms with Crippen LogP contribution in [0.3, 0.4) is 0 Å². The number of hydrogen-bond acceptors (Lipinski definition) is 2. The average Bonchev–Trinajstić information content (AvgIpc) is 2.25. The van der Waals surface area contributed by atoms with Gasteiger partial charge >= 0.3 is 0 Å². The Morgan fingerprint density at radius 3 is 2.29 bits per heavy atom.